The first kappa shape index (κ1) is 178. The van der Waals surface area contributed by atoms with E-state index in [1.165, 1.54) is 0 Å². The fourth-order valence-electron chi connectivity index (χ4n) is 0. The summed E-state index contributed by atoms with van der Waals surface area (Å²) in [7, 11) is 0. The molecule has 0 aliphatic carbocycles. The van der Waals surface area contributed by atoms with Crippen LogP contribution >= 0.6 is 0 Å². The van der Waals surface area contributed by atoms with E-state index in [-0.39, 0.29) is 110 Å². The monoisotopic (exact) mass is 274 g/mol. The van der Waals surface area contributed by atoms with Crippen molar-refractivity contribution in [3.05, 3.63) is 0 Å². The molecule has 0 amide bonds. The van der Waals surface area contributed by atoms with E-state index in [9.17, 15) is 0 Å². The van der Waals surface area contributed by atoms with Crippen molar-refractivity contribution in [2.75, 3.05) is 0 Å². The van der Waals surface area contributed by atoms with Crippen molar-refractivity contribution in [1.82, 2.24) is 0 Å². The zero-order chi connectivity index (χ0) is 0. The average Bonchev–Trinajstić information content (AvgIpc) is 0. The Morgan fingerprint density at radius 3 is 0.250 bits per heavy atom. The molecule has 0 rings (SSSR count). The van der Waals surface area contributed by atoms with Gasteiger partial charge in [0.1, 0.15) is 0 Å². The van der Waals surface area contributed by atoms with E-state index in [0.29, 0.717) is 0 Å². The number of hydrogen-bond donors (Lipinski definition) is 0. The summed E-state index contributed by atoms with van der Waals surface area (Å²) in [5.74, 6) is 0. The molecule has 0 aromatic carbocycles. The Balaban J connectivity index is 0. The maximum Gasteiger partial charge on any atom is 0 e. The van der Waals surface area contributed by atoms with Crippen LogP contribution in [0.25, 0.3) is 0 Å². The van der Waals surface area contributed by atoms with Crippen molar-refractivity contribution in [2.24, 2.45) is 0 Å². The first-order chi connectivity index (χ1) is 0. The van der Waals surface area contributed by atoms with Crippen LogP contribution in [0, 0.1) is 0 Å². The van der Waals surface area contributed by atoms with Crippen molar-refractivity contribution in [3.63, 3.8) is 0 Å². The molecule has 8 heavy (non-hydrogen) atoms. The van der Waals surface area contributed by atoms with Crippen LogP contribution in [0.4, 0.5) is 0 Å². The zero-order valence-corrected chi connectivity index (χ0v) is 6.83. The van der Waals surface area contributed by atoms with Gasteiger partial charge in [-0.05, 0) is 0 Å². The molecular formula is C6H24Y2. The van der Waals surface area contributed by atoms with Crippen LogP contribution in [0.5, 0.6) is 0 Å². The van der Waals surface area contributed by atoms with Gasteiger partial charge in [-0.25, -0.2) is 0 Å². The molecular weight excluding hydrogens is 250 g/mol. The van der Waals surface area contributed by atoms with Gasteiger partial charge in [-0.2, -0.15) is 0 Å². The van der Waals surface area contributed by atoms with Crippen molar-refractivity contribution >= 4 is 0 Å². The SMILES string of the molecule is C.C.C.C.C.C.[Y].[Y]. The van der Waals surface area contributed by atoms with E-state index >= 15 is 0 Å². The standard InChI is InChI=1S/6CH4.2Y/h6*1H4;;. The molecule has 2 radical (unpaired) electrons. The first-order valence-corrected chi connectivity index (χ1v) is 0. The first-order valence-electron chi connectivity index (χ1n) is 0. The molecule has 0 N–H and O–H groups in total. The van der Waals surface area contributed by atoms with Crippen LogP contribution in [0.2, 0.25) is 0 Å². The Morgan fingerprint density at radius 2 is 0.250 bits per heavy atom. The topological polar surface area (TPSA) is 0 Å². The molecule has 0 atom stereocenters. The molecule has 54 valence electrons. The Labute approximate surface area is 108 Å². The third kappa shape index (κ3) is 87.5. The summed E-state index contributed by atoms with van der Waals surface area (Å²) in [6, 6.07) is 0. The quantitative estimate of drug-likeness (QED) is 0.630. The third-order valence-electron chi connectivity index (χ3n) is 0. The maximum absolute atomic E-state index is 0. The van der Waals surface area contributed by atoms with Gasteiger partial charge in [0.2, 0.25) is 0 Å². The summed E-state index contributed by atoms with van der Waals surface area (Å²) >= 11 is 0. The van der Waals surface area contributed by atoms with E-state index in [2.05, 4.69) is 0 Å². The summed E-state index contributed by atoms with van der Waals surface area (Å²) in [6.07, 6.45) is 0. The molecule has 0 unspecified atom stereocenters. The molecule has 0 fully saturated rings. The van der Waals surface area contributed by atoms with Crippen molar-refractivity contribution in [2.45, 2.75) is 44.6 Å². The van der Waals surface area contributed by atoms with E-state index < -0.39 is 0 Å². The molecule has 0 aliphatic heterocycles. The van der Waals surface area contributed by atoms with Crippen LogP contribution < -0.4 is 0 Å². The molecule has 0 aromatic rings. The molecule has 0 saturated heterocycles. The summed E-state index contributed by atoms with van der Waals surface area (Å²) in [6.45, 7) is 0. The third-order valence-corrected chi connectivity index (χ3v) is 0. The smallest absolute Gasteiger partial charge is 0 e. The van der Waals surface area contributed by atoms with Crippen LogP contribution in [-0.4, -0.2) is 0 Å². The second-order valence-corrected chi connectivity index (χ2v) is 0. The van der Waals surface area contributed by atoms with Gasteiger partial charge >= 0.3 is 0 Å². The molecule has 0 spiro atoms. The van der Waals surface area contributed by atoms with Gasteiger partial charge < -0.3 is 0 Å². The fraction of sp³-hybridized carbons (Fsp3) is 1.00. The Hall–Kier alpha value is 2.21. The maximum atomic E-state index is 0. The van der Waals surface area contributed by atoms with Crippen LogP contribution in [-0.2, 0) is 65.4 Å². The second-order valence-electron chi connectivity index (χ2n) is 0. The van der Waals surface area contributed by atoms with Crippen LogP contribution in [0.1, 0.15) is 44.6 Å². The van der Waals surface area contributed by atoms with Gasteiger partial charge in [-0.3, -0.25) is 0 Å². The average molecular weight is 274 g/mol. The van der Waals surface area contributed by atoms with Crippen molar-refractivity contribution in [1.29, 1.82) is 0 Å². The van der Waals surface area contributed by atoms with Gasteiger partial charge in [-0.15, -0.1) is 0 Å². The van der Waals surface area contributed by atoms with Crippen LogP contribution in [0.3, 0.4) is 0 Å². The van der Waals surface area contributed by atoms with E-state index in [0.717, 1.165) is 0 Å². The van der Waals surface area contributed by atoms with Gasteiger partial charge in [0.05, 0.1) is 0 Å². The van der Waals surface area contributed by atoms with Gasteiger partial charge in [0.15, 0.2) is 0 Å². The summed E-state index contributed by atoms with van der Waals surface area (Å²) in [4.78, 5) is 0. The molecule has 0 heterocycles. The molecule has 0 aromatic heterocycles. The van der Waals surface area contributed by atoms with Gasteiger partial charge in [-0.1, -0.05) is 44.6 Å². The van der Waals surface area contributed by atoms with Crippen LogP contribution in [0.15, 0.2) is 0 Å². The summed E-state index contributed by atoms with van der Waals surface area (Å²) in [5, 5.41) is 0. The van der Waals surface area contributed by atoms with E-state index in [1.54, 1.807) is 0 Å². The van der Waals surface area contributed by atoms with Crippen molar-refractivity contribution in [3.8, 4) is 0 Å². The van der Waals surface area contributed by atoms with E-state index in [1.807, 2.05) is 0 Å². The predicted molar refractivity (Wildman–Crippen MR) is 40.4 cm³/mol. The zero-order valence-electron chi connectivity index (χ0n) is 1.15. The molecule has 0 aliphatic rings. The Morgan fingerprint density at radius 1 is 0.250 bits per heavy atom. The minimum absolute atomic E-state index is 0. The van der Waals surface area contributed by atoms with Gasteiger partial charge in [0.25, 0.3) is 0 Å². The van der Waals surface area contributed by atoms with Crippen molar-refractivity contribution < 1.29 is 65.4 Å². The second kappa shape index (κ2) is 127. The Kier molecular flexibility index (Phi) is 2820. The largest absolute Gasteiger partial charge is 0.0776 e. The molecule has 0 bridgehead atoms. The van der Waals surface area contributed by atoms with E-state index in [4.69, 9.17) is 0 Å². The van der Waals surface area contributed by atoms with Gasteiger partial charge in [0, 0.05) is 65.4 Å². The summed E-state index contributed by atoms with van der Waals surface area (Å²) in [5.41, 5.74) is 0. The Bertz CT molecular complexity index is 6.49. The predicted octanol–water partition coefficient (Wildman–Crippen LogP) is 3.81. The number of hydrogen-bond acceptors (Lipinski definition) is 0. The minimum atomic E-state index is 0. The normalized spacial score (nSPS) is 0. The number of rotatable bonds is 0. The fourth-order valence-corrected chi connectivity index (χ4v) is 0. The molecule has 0 nitrogen and oxygen atoms in total. The minimum Gasteiger partial charge on any atom is -0.0776 e. The summed E-state index contributed by atoms with van der Waals surface area (Å²) < 4.78 is 0. The molecule has 2 heteroatoms. The molecule has 0 saturated carbocycles.